The molecule has 94 valence electrons. The van der Waals surface area contributed by atoms with E-state index < -0.39 is 0 Å². The molecule has 0 aliphatic carbocycles. The van der Waals surface area contributed by atoms with E-state index in [0.717, 1.165) is 6.54 Å². The number of hydrogen-bond acceptors (Lipinski definition) is 4. The zero-order valence-corrected chi connectivity index (χ0v) is 10.7. The molecule has 0 unspecified atom stereocenters. The Labute approximate surface area is 111 Å². The molecular formula is C13H14ClN3O. The molecule has 3 aliphatic rings. The molecule has 3 aliphatic heterocycles. The van der Waals surface area contributed by atoms with Gasteiger partial charge in [0, 0.05) is 12.7 Å². The second-order valence-electron chi connectivity index (χ2n) is 4.92. The number of ether oxygens (including phenoxy) is 1. The van der Waals surface area contributed by atoms with Crippen molar-refractivity contribution in [3.05, 3.63) is 22.8 Å². The number of halogens is 1. The lowest BCUT2D eigenvalue weighted by Gasteiger charge is -2.44. The highest BCUT2D eigenvalue weighted by atomic mass is 35.5. The van der Waals surface area contributed by atoms with Gasteiger partial charge in [-0.15, -0.1) is 0 Å². The van der Waals surface area contributed by atoms with Gasteiger partial charge in [-0.25, -0.2) is 4.98 Å². The lowest BCUT2D eigenvalue weighted by Crippen LogP contribution is -2.52. The van der Waals surface area contributed by atoms with Crippen LogP contribution in [-0.4, -0.2) is 35.6 Å². The second kappa shape index (κ2) is 4.75. The molecule has 0 radical (unpaired) electrons. The van der Waals surface area contributed by atoms with Crippen molar-refractivity contribution >= 4 is 11.6 Å². The molecule has 4 heterocycles. The van der Waals surface area contributed by atoms with Crippen LogP contribution in [0.2, 0.25) is 5.02 Å². The summed E-state index contributed by atoms with van der Waals surface area (Å²) in [5.41, 5.74) is 0.460. The van der Waals surface area contributed by atoms with Gasteiger partial charge in [-0.3, -0.25) is 4.90 Å². The van der Waals surface area contributed by atoms with Gasteiger partial charge in [0.15, 0.2) is 0 Å². The number of fused-ring (bicyclic) bond motifs is 3. The van der Waals surface area contributed by atoms with E-state index in [4.69, 9.17) is 21.6 Å². The topological polar surface area (TPSA) is 49.1 Å². The fourth-order valence-electron chi connectivity index (χ4n) is 2.76. The summed E-state index contributed by atoms with van der Waals surface area (Å²) in [6.07, 6.45) is 4.07. The fourth-order valence-corrected chi connectivity index (χ4v) is 2.97. The quantitative estimate of drug-likeness (QED) is 0.820. The largest absolute Gasteiger partial charge is 0.472 e. The highest BCUT2D eigenvalue weighted by Gasteiger charge is 2.36. The van der Waals surface area contributed by atoms with Crippen molar-refractivity contribution in [1.82, 2.24) is 9.88 Å². The first-order valence-corrected chi connectivity index (χ1v) is 6.58. The maximum absolute atomic E-state index is 8.76. The number of nitrogens with zero attached hydrogens (tertiary/aromatic N) is 3. The summed E-state index contributed by atoms with van der Waals surface area (Å²) < 4.78 is 5.93. The molecule has 0 aromatic carbocycles. The van der Waals surface area contributed by atoms with Crippen molar-refractivity contribution in [3.63, 3.8) is 0 Å². The van der Waals surface area contributed by atoms with E-state index in [1.807, 2.05) is 6.07 Å². The highest BCUT2D eigenvalue weighted by Crippen LogP contribution is 2.32. The molecular weight excluding hydrogens is 250 g/mol. The summed E-state index contributed by atoms with van der Waals surface area (Å²) in [7, 11) is 0. The molecule has 1 aromatic rings. The lowest BCUT2D eigenvalue weighted by atomic mass is 9.86. The standard InChI is InChI=1S/C13H14ClN3O/c14-11-5-9(6-15)7-16-13(11)18-12-8-17-3-1-10(12)2-4-17/h5,7,10,12H,1-4,8H2/t12-/m0/s1. The summed E-state index contributed by atoms with van der Waals surface area (Å²) in [5, 5.41) is 9.19. The third-order valence-electron chi connectivity index (χ3n) is 3.80. The molecule has 1 aromatic heterocycles. The zero-order valence-electron chi connectivity index (χ0n) is 9.97. The Morgan fingerprint density at radius 1 is 1.44 bits per heavy atom. The minimum Gasteiger partial charge on any atom is -0.472 e. The van der Waals surface area contributed by atoms with E-state index in [-0.39, 0.29) is 6.10 Å². The van der Waals surface area contributed by atoms with Crippen LogP contribution in [0.15, 0.2) is 12.3 Å². The van der Waals surface area contributed by atoms with Gasteiger partial charge in [0.25, 0.3) is 0 Å². The molecule has 0 N–H and O–H groups in total. The molecule has 2 bridgehead atoms. The van der Waals surface area contributed by atoms with Crippen LogP contribution in [0.25, 0.3) is 0 Å². The van der Waals surface area contributed by atoms with Crippen LogP contribution in [0.1, 0.15) is 18.4 Å². The first-order chi connectivity index (χ1) is 8.76. The van der Waals surface area contributed by atoms with Gasteiger partial charge in [-0.1, -0.05) is 11.6 Å². The maximum atomic E-state index is 8.76. The zero-order chi connectivity index (χ0) is 12.5. The first-order valence-electron chi connectivity index (χ1n) is 6.21. The van der Waals surface area contributed by atoms with Crippen LogP contribution in [0.3, 0.4) is 0 Å². The van der Waals surface area contributed by atoms with E-state index >= 15 is 0 Å². The average molecular weight is 264 g/mol. The van der Waals surface area contributed by atoms with Crippen LogP contribution in [0.5, 0.6) is 5.88 Å². The number of piperidine rings is 3. The summed E-state index contributed by atoms with van der Waals surface area (Å²) in [5.74, 6) is 1.07. The molecule has 18 heavy (non-hydrogen) atoms. The molecule has 4 rings (SSSR count). The molecule has 3 saturated heterocycles. The molecule has 5 heteroatoms. The first kappa shape index (κ1) is 11.8. The Morgan fingerprint density at radius 3 is 2.78 bits per heavy atom. The number of nitriles is 1. The van der Waals surface area contributed by atoms with Crippen molar-refractivity contribution in [2.24, 2.45) is 5.92 Å². The normalized spacial score (nSPS) is 29.9. The molecule has 0 saturated carbocycles. The van der Waals surface area contributed by atoms with Gasteiger partial charge in [0.05, 0.1) is 5.56 Å². The molecule has 0 spiro atoms. The van der Waals surface area contributed by atoms with E-state index in [0.29, 0.717) is 22.4 Å². The van der Waals surface area contributed by atoms with Crippen molar-refractivity contribution < 1.29 is 4.74 Å². The predicted molar refractivity (Wildman–Crippen MR) is 67.5 cm³/mol. The summed E-state index contributed by atoms with van der Waals surface area (Å²) in [4.78, 5) is 6.55. The van der Waals surface area contributed by atoms with Crippen molar-refractivity contribution in [2.75, 3.05) is 19.6 Å². The van der Waals surface area contributed by atoms with Gasteiger partial charge in [0.1, 0.15) is 17.2 Å². The molecule has 4 nitrogen and oxygen atoms in total. The van der Waals surface area contributed by atoms with Crippen molar-refractivity contribution in [2.45, 2.75) is 18.9 Å². The third-order valence-corrected chi connectivity index (χ3v) is 4.07. The van der Waals surface area contributed by atoms with Gasteiger partial charge in [-0.05, 0) is 37.9 Å². The van der Waals surface area contributed by atoms with E-state index in [1.54, 1.807) is 6.07 Å². The Morgan fingerprint density at radius 2 is 2.22 bits per heavy atom. The second-order valence-corrected chi connectivity index (χ2v) is 5.32. The van der Waals surface area contributed by atoms with Gasteiger partial charge >= 0.3 is 0 Å². The smallest absolute Gasteiger partial charge is 0.232 e. The summed E-state index contributed by atoms with van der Waals surface area (Å²) >= 11 is 6.08. The van der Waals surface area contributed by atoms with Crippen LogP contribution < -0.4 is 4.74 Å². The van der Waals surface area contributed by atoms with Crippen LogP contribution in [0.4, 0.5) is 0 Å². The molecule has 3 fully saturated rings. The fraction of sp³-hybridized carbons (Fsp3) is 0.538. The van der Waals surface area contributed by atoms with Crippen LogP contribution in [0, 0.1) is 17.2 Å². The van der Waals surface area contributed by atoms with E-state index in [2.05, 4.69) is 9.88 Å². The van der Waals surface area contributed by atoms with Crippen molar-refractivity contribution in [1.29, 1.82) is 5.26 Å². The van der Waals surface area contributed by atoms with Crippen LogP contribution in [-0.2, 0) is 0 Å². The SMILES string of the molecule is N#Cc1cnc(O[C@H]2CN3CCC2CC3)c(Cl)c1. The summed E-state index contributed by atoms with van der Waals surface area (Å²) in [6.45, 7) is 3.32. The Balaban J connectivity index is 1.75. The third kappa shape index (κ3) is 2.16. The Kier molecular flexibility index (Phi) is 3.11. The van der Waals surface area contributed by atoms with Gasteiger partial charge < -0.3 is 4.74 Å². The number of aromatic nitrogens is 1. The minimum atomic E-state index is 0.186. The monoisotopic (exact) mass is 263 g/mol. The molecule has 1 atom stereocenters. The van der Waals surface area contributed by atoms with Crippen LogP contribution >= 0.6 is 11.6 Å². The number of pyridine rings is 1. The Bertz CT molecular complexity index is 491. The Hall–Kier alpha value is -1.31. The highest BCUT2D eigenvalue weighted by molar-refractivity contribution is 6.31. The summed E-state index contributed by atoms with van der Waals surface area (Å²) in [6, 6.07) is 3.62. The van der Waals surface area contributed by atoms with Gasteiger partial charge in [-0.2, -0.15) is 5.26 Å². The number of hydrogen-bond donors (Lipinski definition) is 0. The maximum Gasteiger partial charge on any atom is 0.232 e. The molecule has 0 amide bonds. The predicted octanol–water partition coefficient (Wildman–Crippen LogP) is 2.08. The lowest BCUT2D eigenvalue weighted by molar-refractivity contribution is -0.00988. The van der Waals surface area contributed by atoms with Crippen molar-refractivity contribution in [3.8, 4) is 11.9 Å². The van der Waals surface area contributed by atoms with Gasteiger partial charge in [0.2, 0.25) is 5.88 Å². The average Bonchev–Trinajstić information content (AvgIpc) is 2.42. The van der Waals surface area contributed by atoms with E-state index in [1.165, 1.54) is 32.1 Å². The minimum absolute atomic E-state index is 0.186. The van der Waals surface area contributed by atoms with E-state index in [9.17, 15) is 0 Å². The number of rotatable bonds is 2.